The highest BCUT2D eigenvalue weighted by Crippen LogP contribution is 2.24. The standard InChI is InChI=1S/C20H29N3O4/c24-19(15-23-8-2-1-3-18(23)20-26-13-14-27-20)21-16-4-6-17(7-5-16)22-9-11-25-12-10-22/h4-7,18,20H,1-3,8-15H2,(H,21,24). The van der Waals surface area contributed by atoms with E-state index in [1.807, 2.05) is 12.1 Å². The molecule has 0 spiro atoms. The van der Waals surface area contributed by atoms with Crippen LogP contribution in [0.1, 0.15) is 19.3 Å². The average Bonchev–Trinajstić information content (AvgIpc) is 3.24. The molecule has 3 aliphatic rings. The molecular formula is C20H29N3O4. The number of carbonyl (C=O) groups excluding carboxylic acids is 1. The van der Waals surface area contributed by atoms with Gasteiger partial charge in [0.15, 0.2) is 6.29 Å². The lowest BCUT2D eigenvalue weighted by atomic mass is 10.0. The van der Waals surface area contributed by atoms with E-state index in [1.54, 1.807) is 0 Å². The molecule has 3 saturated heterocycles. The highest BCUT2D eigenvalue weighted by Gasteiger charge is 2.34. The SMILES string of the molecule is O=C(CN1CCCCC1C1OCCO1)Nc1ccc(N2CCOCC2)cc1. The molecule has 0 radical (unpaired) electrons. The molecule has 1 aromatic rings. The second-order valence-corrected chi connectivity index (χ2v) is 7.34. The van der Waals surface area contributed by atoms with Crippen molar-refractivity contribution in [2.24, 2.45) is 0 Å². The minimum absolute atomic E-state index is 0.0130. The molecular weight excluding hydrogens is 346 g/mol. The van der Waals surface area contributed by atoms with Crippen molar-refractivity contribution >= 4 is 17.3 Å². The van der Waals surface area contributed by atoms with Gasteiger partial charge in [-0.2, -0.15) is 0 Å². The van der Waals surface area contributed by atoms with Crippen LogP contribution in [-0.2, 0) is 19.0 Å². The Morgan fingerprint density at radius 3 is 2.48 bits per heavy atom. The molecule has 1 amide bonds. The number of benzene rings is 1. The first-order valence-electron chi connectivity index (χ1n) is 9.99. The molecule has 1 aromatic carbocycles. The predicted octanol–water partition coefficient (Wildman–Crippen LogP) is 1.69. The summed E-state index contributed by atoms with van der Waals surface area (Å²) in [6, 6.07) is 8.24. The summed E-state index contributed by atoms with van der Waals surface area (Å²) in [6.45, 7) is 5.94. The van der Waals surface area contributed by atoms with Crippen LogP contribution in [-0.4, -0.2) is 75.7 Å². The van der Waals surface area contributed by atoms with Gasteiger partial charge in [0.2, 0.25) is 5.91 Å². The zero-order chi connectivity index (χ0) is 18.5. The average molecular weight is 375 g/mol. The molecule has 148 valence electrons. The smallest absolute Gasteiger partial charge is 0.238 e. The Kier molecular flexibility index (Phi) is 6.24. The number of piperidine rings is 1. The Morgan fingerprint density at radius 1 is 1.00 bits per heavy atom. The van der Waals surface area contributed by atoms with Crippen molar-refractivity contribution in [3.05, 3.63) is 24.3 Å². The van der Waals surface area contributed by atoms with Gasteiger partial charge in [-0.1, -0.05) is 6.42 Å². The number of nitrogens with one attached hydrogen (secondary N) is 1. The summed E-state index contributed by atoms with van der Waals surface area (Å²) < 4.78 is 16.8. The van der Waals surface area contributed by atoms with Crippen molar-refractivity contribution in [3.63, 3.8) is 0 Å². The van der Waals surface area contributed by atoms with Gasteiger partial charge in [-0.15, -0.1) is 0 Å². The molecule has 0 saturated carbocycles. The minimum Gasteiger partial charge on any atom is -0.378 e. The monoisotopic (exact) mass is 375 g/mol. The summed E-state index contributed by atoms with van der Waals surface area (Å²) in [7, 11) is 0. The van der Waals surface area contributed by atoms with Gasteiger partial charge in [-0.05, 0) is 43.7 Å². The molecule has 0 bridgehead atoms. The molecule has 7 heteroatoms. The maximum atomic E-state index is 12.6. The fourth-order valence-electron chi connectivity index (χ4n) is 4.08. The normalized spacial score (nSPS) is 24.9. The van der Waals surface area contributed by atoms with E-state index in [-0.39, 0.29) is 18.2 Å². The maximum Gasteiger partial charge on any atom is 0.238 e. The lowest BCUT2D eigenvalue weighted by molar-refractivity contribution is -0.127. The third kappa shape index (κ3) is 4.79. The number of likely N-dealkylation sites (tertiary alicyclic amines) is 1. The van der Waals surface area contributed by atoms with E-state index in [9.17, 15) is 4.79 Å². The Morgan fingerprint density at radius 2 is 1.74 bits per heavy atom. The molecule has 7 nitrogen and oxygen atoms in total. The molecule has 3 aliphatic heterocycles. The topological polar surface area (TPSA) is 63.3 Å². The van der Waals surface area contributed by atoms with Gasteiger partial charge in [0, 0.05) is 24.5 Å². The summed E-state index contributed by atoms with van der Waals surface area (Å²) >= 11 is 0. The third-order valence-corrected chi connectivity index (χ3v) is 5.50. The number of amides is 1. The number of hydrogen-bond donors (Lipinski definition) is 1. The second-order valence-electron chi connectivity index (χ2n) is 7.34. The maximum absolute atomic E-state index is 12.6. The van der Waals surface area contributed by atoms with Crippen LogP contribution in [0.15, 0.2) is 24.3 Å². The van der Waals surface area contributed by atoms with Crippen molar-refractivity contribution in [2.75, 3.05) is 62.8 Å². The molecule has 3 fully saturated rings. The largest absolute Gasteiger partial charge is 0.378 e. The molecule has 0 aromatic heterocycles. The highest BCUT2D eigenvalue weighted by molar-refractivity contribution is 5.92. The van der Waals surface area contributed by atoms with Gasteiger partial charge in [0.1, 0.15) is 0 Å². The van der Waals surface area contributed by atoms with Crippen LogP contribution in [0.25, 0.3) is 0 Å². The van der Waals surface area contributed by atoms with Gasteiger partial charge < -0.3 is 24.4 Å². The van der Waals surface area contributed by atoms with Crippen LogP contribution < -0.4 is 10.2 Å². The van der Waals surface area contributed by atoms with Crippen LogP contribution in [0.4, 0.5) is 11.4 Å². The highest BCUT2D eigenvalue weighted by atomic mass is 16.7. The molecule has 1 unspecified atom stereocenters. The van der Waals surface area contributed by atoms with Crippen molar-refractivity contribution in [1.29, 1.82) is 0 Å². The molecule has 0 aliphatic carbocycles. The summed E-state index contributed by atoms with van der Waals surface area (Å²) in [5.74, 6) is 0.0130. The fourth-order valence-corrected chi connectivity index (χ4v) is 4.08. The lowest BCUT2D eigenvalue weighted by Crippen LogP contribution is -2.50. The number of carbonyl (C=O) groups is 1. The summed E-state index contributed by atoms with van der Waals surface area (Å²) in [4.78, 5) is 17.1. The number of hydrogen-bond acceptors (Lipinski definition) is 6. The van der Waals surface area contributed by atoms with E-state index in [2.05, 4.69) is 27.2 Å². The molecule has 4 rings (SSSR count). The zero-order valence-electron chi connectivity index (χ0n) is 15.8. The minimum atomic E-state index is -0.189. The van der Waals surface area contributed by atoms with E-state index in [0.717, 1.165) is 57.8 Å². The lowest BCUT2D eigenvalue weighted by Gasteiger charge is -2.37. The first kappa shape index (κ1) is 18.7. The van der Waals surface area contributed by atoms with Crippen molar-refractivity contribution < 1.29 is 19.0 Å². The number of ether oxygens (including phenoxy) is 3. The molecule has 27 heavy (non-hydrogen) atoms. The first-order chi connectivity index (χ1) is 13.3. The third-order valence-electron chi connectivity index (χ3n) is 5.50. The summed E-state index contributed by atoms with van der Waals surface area (Å²) in [5, 5.41) is 3.03. The van der Waals surface area contributed by atoms with Crippen LogP contribution in [0, 0.1) is 0 Å². The van der Waals surface area contributed by atoms with Crippen LogP contribution in [0.5, 0.6) is 0 Å². The number of anilines is 2. The summed E-state index contributed by atoms with van der Waals surface area (Å²) in [5.41, 5.74) is 2.00. The van der Waals surface area contributed by atoms with Crippen LogP contribution in [0.2, 0.25) is 0 Å². The van der Waals surface area contributed by atoms with Gasteiger partial charge in [0.05, 0.1) is 39.0 Å². The Balaban J connectivity index is 1.31. The van der Waals surface area contributed by atoms with Crippen molar-refractivity contribution in [3.8, 4) is 0 Å². The van der Waals surface area contributed by atoms with E-state index in [1.165, 1.54) is 5.69 Å². The number of rotatable bonds is 5. The van der Waals surface area contributed by atoms with E-state index in [0.29, 0.717) is 19.8 Å². The van der Waals surface area contributed by atoms with Gasteiger partial charge in [-0.25, -0.2) is 0 Å². The molecule has 3 heterocycles. The zero-order valence-corrected chi connectivity index (χ0v) is 15.8. The van der Waals surface area contributed by atoms with Gasteiger partial charge in [-0.3, -0.25) is 9.69 Å². The first-order valence-corrected chi connectivity index (χ1v) is 9.99. The fraction of sp³-hybridized carbons (Fsp3) is 0.650. The molecule has 1 N–H and O–H groups in total. The Bertz CT molecular complexity index is 612. The van der Waals surface area contributed by atoms with Crippen LogP contribution in [0.3, 0.4) is 0 Å². The van der Waals surface area contributed by atoms with Crippen molar-refractivity contribution in [2.45, 2.75) is 31.6 Å². The number of morpholine rings is 1. The number of nitrogens with zero attached hydrogens (tertiary/aromatic N) is 2. The van der Waals surface area contributed by atoms with Gasteiger partial charge >= 0.3 is 0 Å². The Hall–Kier alpha value is -1.67. The molecule has 1 atom stereocenters. The Labute approximate surface area is 160 Å². The van der Waals surface area contributed by atoms with E-state index in [4.69, 9.17) is 14.2 Å². The van der Waals surface area contributed by atoms with Crippen LogP contribution >= 0.6 is 0 Å². The van der Waals surface area contributed by atoms with Crippen molar-refractivity contribution in [1.82, 2.24) is 4.90 Å². The van der Waals surface area contributed by atoms with Gasteiger partial charge in [0.25, 0.3) is 0 Å². The quantitative estimate of drug-likeness (QED) is 0.845. The van der Waals surface area contributed by atoms with E-state index < -0.39 is 0 Å². The van der Waals surface area contributed by atoms with E-state index >= 15 is 0 Å². The summed E-state index contributed by atoms with van der Waals surface area (Å²) in [6.07, 6.45) is 3.11. The second kappa shape index (κ2) is 9.01. The predicted molar refractivity (Wildman–Crippen MR) is 103 cm³/mol.